The van der Waals surface area contributed by atoms with E-state index < -0.39 is 0 Å². The lowest BCUT2D eigenvalue weighted by Crippen LogP contribution is -2.13. The lowest BCUT2D eigenvalue weighted by Gasteiger charge is -2.10. The van der Waals surface area contributed by atoms with Gasteiger partial charge in [0.05, 0.1) is 19.9 Å². The molecule has 2 aromatic rings. The first-order valence-corrected chi connectivity index (χ1v) is 5.27. The van der Waals surface area contributed by atoms with E-state index in [2.05, 4.69) is 15.5 Å². The maximum absolute atomic E-state index is 11.8. The van der Waals surface area contributed by atoms with E-state index in [1.54, 1.807) is 31.4 Å². The second-order valence-electron chi connectivity index (χ2n) is 3.49. The number of hydrogen-bond acceptors (Lipinski definition) is 4. The Morgan fingerprint density at radius 1 is 1.28 bits per heavy atom. The third-order valence-corrected chi connectivity index (χ3v) is 2.40. The molecular weight excluding hydrogens is 234 g/mol. The Bertz CT molecular complexity index is 538. The highest BCUT2D eigenvalue weighted by Gasteiger charge is 2.11. The number of rotatable bonds is 4. The smallest absolute Gasteiger partial charge is 0.273 e. The number of methoxy groups -OCH3 is 2. The molecule has 0 bridgehead atoms. The van der Waals surface area contributed by atoms with E-state index in [4.69, 9.17) is 9.47 Å². The van der Waals surface area contributed by atoms with Gasteiger partial charge in [-0.2, -0.15) is 5.10 Å². The van der Waals surface area contributed by atoms with E-state index >= 15 is 0 Å². The van der Waals surface area contributed by atoms with E-state index in [9.17, 15) is 4.79 Å². The molecule has 1 aromatic carbocycles. The van der Waals surface area contributed by atoms with Gasteiger partial charge in [0.1, 0.15) is 17.2 Å². The van der Waals surface area contributed by atoms with Crippen molar-refractivity contribution in [1.82, 2.24) is 10.2 Å². The Hall–Kier alpha value is -2.50. The van der Waals surface area contributed by atoms with Crippen LogP contribution in [0.3, 0.4) is 0 Å². The highest BCUT2D eigenvalue weighted by molar-refractivity contribution is 6.03. The van der Waals surface area contributed by atoms with Gasteiger partial charge in [0, 0.05) is 12.3 Å². The van der Waals surface area contributed by atoms with Crippen molar-refractivity contribution in [2.45, 2.75) is 0 Å². The maximum atomic E-state index is 11.8. The molecule has 0 saturated carbocycles. The second-order valence-corrected chi connectivity index (χ2v) is 3.49. The van der Waals surface area contributed by atoms with E-state index in [0.29, 0.717) is 22.9 Å². The molecule has 0 aliphatic carbocycles. The Morgan fingerprint density at radius 2 is 2.11 bits per heavy atom. The third kappa shape index (κ3) is 2.42. The van der Waals surface area contributed by atoms with Crippen LogP contribution in [0.4, 0.5) is 5.69 Å². The van der Waals surface area contributed by atoms with Gasteiger partial charge < -0.3 is 14.8 Å². The summed E-state index contributed by atoms with van der Waals surface area (Å²) in [5.74, 6) is 0.907. The molecule has 1 heterocycles. The van der Waals surface area contributed by atoms with Gasteiger partial charge >= 0.3 is 0 Å². The second kappa shape index (κ2) is 5.22. The molecule has 1 aromatic heterocycles. The minimum Gasteiger partial charge on any atom is -0.497 e. The van der Waals surface area contributed by atoms with Crippen molar-refractivity contribution in [2.75, 3.05) is 19.5 Å². The fourth-order valence-electron chi connectivity index (χ4n) is 1.47. The normalized spacial score (nSPS) is 9.89. The average molecular weight is 247 g/mol. The van der Waals surface area contributed by atoms with Crippen molar-refractivity contribution in [1.29, 1.82) is 0 Å². The van der Waals surface area contributed by atoms with Crippen LogP contribution in [-0.2, 0) is 0 Å². The highest BCUT2D eigenvalue weighted by Crippen LogP contribution is 2.29. The van der Waals surface area contributed by atoms with Gasteiger partial charge in [0.25, 0.3) is 5.91 Å². The van der Waals surface area contributed by atoms with Gasteiger partial charge in [0.2, 0.25) is 0 Å². The minimum atomic E-state index is -0.282. The SMILES string of the molecule is COc1ccc(NC(=O)c2ccn[nH]2)c(OC)c1. The molecule has 6 heteroatoms. The van der Waals surface area contributed by atoms with Gasteiger partial charge in [-0.05, 0) is 18.2 Å². The molecular formula is C12H13N3O3. The quantitative estimate of drug-likeness (QED) is 0.861. The topological polar surface area (TPSA) is 76.2 Å². The summed E-state index contributed by atoms with van der Waals surface area (Å²) in [5.41, 5.74) is 0.950. The molecule has 0 spiro atoms. The molecule has 1 amide bonds. The van der Waals surface area contributed by atoms with E-state index in [-0.39, 0.29) is 5.91 Å². The fourth-order valence-corrected chi connectivity index (χ4v) is 1.47. The first-order chi connectivity index (χ1) is 8.74. The number of H-pyrrole nitrogens is 1. The van der Waals surface area contributed by atoms with Crippen LogP contribution in [0.5, 0.6) is 11.5 Å². The van der Waals surface area contributed by atoms with Crippen LogP contribution in [-0.4, -0.2) is 30.3 Å². The molecule has 0 radical (unpaired) electrons. The van der Waals surface area contributed by atoms with Crippen LogP contribution >= 0.6 is 0 Å². The monoisotopic (exact) mass is 247 g/mol. The number of aromatic nitrogens is 2. The number of carbonyl (C=O) groups is 1. The molecule has 0 unspecified atom stereocenters. The van der Waals surface area contributed by atoms with Gasteiger partial charge in [-0.3, -0.25) is 9.89 Å². The number of ether oxygens (including phenoxy) is 2. The van der Waals surface area contributed by atoms with Crippen LogP contribution in [0, 0.1) is 0 Å². The van der Waals surface area contributed by atoms with Gasteiger partial charge in [0.15, 0.2) is 0 Å². The summed E-state index contributed by atoms with van der Waals surface area (Å²) in [7, 11) is 3.10. The molecule has 6 nitrogen and oxygen atoms in total. The van der Waals surface area contributed by atoms with Crippen molar-refractivity contribution in [2.24, 2.45) is 0 Å². The summed E-state index contributed by atoms with van der Waals surface area (Å²) >= 11 is 0. The Kier molecular flexibility index (Phi) is 3.47. The standard InChI is InChI=1S/C12H13N3O3/c1-17-8-3-4-9(11(7-8)18-2)14-12(16)10-5-6-13-15-10/h3-7H,1-2H3,(H,13,15)(H,14,16). The highest BCUT2D eigenvalue weighted by atomic mass is 16.5. The number of anilines is 1. The molecule has 2 N–H and O–H groups in total. The van der Waals surface area contributed by atoms with Crippen molar-refractivity contribution in [3.8, 4) is 11.5 Å². The molecule has 94 valence electrons. The van der Waals surface area contributed by atoms with Crippen LogP contribution in [0.1, 0.15) is 10.5 Å². The largest absolute Gasteiger partial charge is 0.497 e. The third-order valence-electron chi connectivity index (χ3n) is 2.40. The molecule has 0 aliphatic heterocycles. The van der Waals surface area contributed by atoms with Gasteiger partial charge in [-0.15, -0.1) is 0 Å². The van der Waals surface area contributed by atoms with Crippen molar-refractivity contribution in [3.63, 3.8) is 0 Å². The number of carbonyl (C=O) groups excluding carboxylic acids is 1. The number of amides is 1. The molecule has 0 atom stereocenters. The zero-order valence-corrected chi connectivity index (χ0v) is 10.1. The number of hydrogen-bond donors (Lipinski definition) is 2. The lowest BCUT2D eigenvalue weighted by molar-refractivity contribution is 0.102. The van der Waals surface area contributed by atoms with Crippen molar-refractivity contribution < 1.29 is 14.3 Å². The summed E-state index contributed by atoms with van der Waals surface area (Å²) < 4.78 is 10.3. The first-order valence-electron chi connectivity index (χ1n) is 5.27. The minimum absolute atomic E-state index is 0.282. The molecule has 18 heavy (non-hydrogen) atoms. The van der Waals surface area contributed by atoms with Crippen LogP contribution < -0.4 is 14.8 Å². The summed E-state index contributed by atoms with van der Waals surface area (Å²) in [6, 6.07) is 6.74. The Morgan fingerprint density at radius 3 is 2.72 bits per heavy atom. The summed E-state index contributed by atoms with van der Waals surface area (Å²) in [6.07, 6.45) is 1.51. The van der Waals surface area contributed by atoms with Crippen LogP contribution in [0.25, 0.3) is 0 Å². The number of benzene rings is 1. The van der Waals surface area contributed by atoms with E-state index in [1.165, 1.54) is 13.3 Å². The summed E-state index contributed by atoms with van der Waals surface area (Å²) in [6.45, 7) is 0. The van der Waals surface area contributed by atoms with Crippen molar-refractivity contribution >= 4 is 11.6 Å². The summed E-state index contributed by atoms with van der Waals surface area (Å²) in [4.78, 5) is 11.8. The van der Waals surface area contributed by atoms with E-state index in [1.807, 2.05) is 0 Å². The Labute approximate surface area is 104 Å². The maximum Gasteiger partial charge on any atom is 0.273 e. The lowest BCUT2D eigenvalue weighted by atomic mass is 10.2. The predicted octanol–water partition coefficient (Wildman–Crippen LogP) is 1.68. The predicted molar refractivity (Wildman–Crippen MR) is 66.1 cm³/mol. The number of aromatic amines is 1. The zero-order chi connectivity index (χ0) is 13.0. The Balaban J connectivity index is 2.21. The zero-order valence-electron chi connectivity index (χ0n) is 10.1. The number of nitrogens with zero attached hydrogens (tertiary/aromatic N) is 1. The average Bonchev–Trinajstić information content (AvgIpc) is 2.93. The van der Waals surface area contributed by atoms with Crippen molar-refractivity contribution in [3.05, 3.63) is 36.2 Å². The van der Waals surface area contributed by atoms with Crippen LogP contribution in [0.15, 0.2) is 30.5 Å². The number of nitrogens with one attached hydrogen (secondary N) is 2. The van der Waals surface area contributed by atoms with Gasteiger partial charge in [-0.1, -0.05) is 0 Å². The molecule has 0 fully saturated rings. The fraction of sp³-hybridized carbons (Fsp3) is 0.167. The van der Waals surface area contributed by atoms with Crippen LogP contribution in [0.2, 0.25) is 0 Å². The molecule has 0 aliphatic rings. The van der Waals surface area contributed by atoms with Gasteiger partial charge in [-0.25, -0.2) is 0 Å². The van der Waals surface area contributed by atoms with E-state index in [0.717, 1.165) is 0 Å². The molecule has 0 saturated heterocycles. The molecule has 2 rings (SSSR count). The summed E-state index contributed by atoms with van der Waals surface area (Å²) in [5, 5.41) is 9.03. The first kappa shape index (κ1) is 12.0.